The monoisotopic (exact) mass is 179 g/mol. The second kappa shape index (κ2) is 2.62. The molecule has 0 amide bonds. The normalized spacial score (nSPS) is 21.2. The van der Waals surface area contributed by atoms with Gasteiger partial charge in [-0.05, 0) is 6.08 Å². The highest BCUT2D eigenvalue weighted by molar-refractivity contribution is 5.23. The zero-order valence-electron chi connectivity index (χ0n) is 5.76. The number of hydrogen-bond donors (Lipinski definition) is 0. The van der Waals surface area contributed by atoms with Crippen LogP contribution in [0.3, 0.4) is 0 Å². The molecule has 0 aromatic rings. The lowest BCUT2D eigenvalue weighted by Crippen LogP contribution is -2.22. The number of hydrogen-bond acceptors (Lipinski definition) is 2. The van der Waals surface area contributed by atoms with Crippen molar-refractivity contribution in [2.45, 2.75) is 12.3 Å². The van der Waals surface area contributed by atoms with Crippen LogP contribution in [-0.2, 0) is 0 Å². The van der Waals surface area contributed by atoms with Gasteiger partial charge in [-0.3, -0.25) is 10.1 Å². The zero-order valence-corrected chi connectivity index (χ0v) is 5.76. The Morgan fingerprint density at radius 3 is 2.50 bits per heavy atom. The van der Waals surface area contributed by atoms with Gasteiger partial charge in [0.05, 0.1) is 4.92 Å². The Bertz CT molecular complexity index is 283. The Labute approximate surface area is 65.3 Å². The minimum atomic E-state index is -3.73. The molecule has 0 fully saturated rings. The highest BCUT2D eigenvalue weighted by Gasteiger charge is 2.41. The topological polar surface area (TPSA) is 43.1 Å². The van der Waals surface area contributed by atoms with Crippen molar-refractivity contribution in [3.05, 3.63) is 33.8 Å². The summed E-state index contributed by atoms with van der Waals surface area (Å²) in [6.45, 7) is 0. The molecule has 0 bridgehead atoms. The fourth-order valence-corrected chi connectivity index (χ4v) is 0.788. The van der Waals surface area contributed by atoms with Crippen molar-refractivity contribution in [2.75, 3.05) is 0 Å². The summed E-state index contributed by atoms with van der Waals surface area (Å²) in [5, 5.41) is 10.0. The van der Waals surface area contributed by atoms with Crippen molar-refractivity contribution in [3.8, 4) is 0 Å². The molecule has 3 nitrogen and oxygen atoms in total. The van der Waals surface area contributed by atoms with Crippen LogP contribution in [0.5, 0.6) is 0 Å². The molecule has 0 N–H and O–H groups in total. The average Bonchev–Trinajstić information content (AvgIpc) is 1.94. The van der Waals surface area contributed by atoms with E-state index in [0.717, 1.165) is 6.08 Å². The summed E-state index contributed by atoms with van der Waals surface area (Å²) in [5.74, 6) is -5.36. The molecule has 1 rings (SSSR count). The van der Waals surface area contributed by atoms with E-state index in [2.05, 4.69) is 0 Å². The Balaban J connectivity index is 2.95. The van der Waals surface area contributed by atoms with Crippen molar-refractivity contribution >= 4 is 0 Å². The van der Waals surface area contributed by atoms with Gasteiger partial charge in [0.25, 0.3) is 5.70 Å². The first kappa shape index (κ1) is 8.76. The summed E-state index contributed by atoms with van der Waals surface area (Å²) in [6.07, 6.45) is -0.0172. The van der Waals surface area contributed by atoms with Crippen molar-refractivity contribution < 1.29 is 18.1 Å². The van der Waals surface area contributed by atoms with Crippen LogP contribution in [0.2, 0.25) is 0 Å². The third-order valence-corrected chi connectivity index (χ3v) is 1.41. The van der Waals surface area contributed by atoms with E-state index in [9.17, 15) is 23.3 Å². The molecule has 0 aromatic heterocycles. The lowest BCUT2D eigenvalue weighted by atomic mass is 10.1. The minimum Gasteiger partial charge on any atom is -0.259 e. The standard InChI is InChI=1S/C6H4F3NO2/c7-5-2-1-4(10(11)12)3-6(5,8)9/h1-2H,3H2. The average molecular weight is 179 g/mol. The summed E-state index contributed by atoms with van der Waals surface area (Å²) in [7, 11) is 0. The maximum atomic E-state index is 12.4. The van der Waals surface area contributed by atoms with Crippen LogP contribution >= 0.6 is 0 Å². The van der Waals surface area contributed by atoms with Gasteiger partial charge in [0.1, 0.15) is 6.42 Å². The predicted molar refractivity (Wildman–Crippen MR) is 33.8 cm³/mol. The first-order chi connectivity index (χ1) is 5.43. The van der Waals surface area contributed by atoms with E-state index >= 15 is 0 Å². The highest BCUT2D eigenvalue weighted by atomic mass is 19.3. The van der Waals surface area contributed by atoms with Crippen molar-refractivity contribution in [3.63, 3.8) is 0 Å². The molecular formula is C6H4F3NO2. The molecule has 6 heteroatoms. The predicted octanol–water partition coefficient (Wildman–Crippen LogP) is 2.04. The first-order valence-corrected chi connectivity index (χ1v) is 3.02. The molecular weight excluding hydrogens is 175 g/mol. The fraction of sp³-hybridized carbons (Fsp3) is 0.333. The van der Waals surface area contributed by atoms with Gasteiger partial charge in [-0.15, -0.1) is 0 Å². The van der Waals surface area contributed by atoms with Crippen LogP contribution in [0.4, 0.5) is 13.2 Å². The SMILES string of the molecule is O=[N+]([O-])C1=CC=C(F)C(F)(F)C1. The number of allylic oxidation sites excluding steroid dienone is 4. The van der Waals surface area contributed by atoms with Crippen molar-refractivity contribution in [2.24, 2.45) is 0 Å². The lowest BCUT2D eigenvalue weighted by Gasteiger charge is -2.14. The molecule has 0 aliphatic heterocycles. The molecule has 0 spiro atoms. The molecule has 66 valence electrons. The smallest absolute Gasteiger partial charge is 0.259 e. The van der Waals surface area contributed by atoms with Crippen LogP contribution in [0.15, 0.2) is 23.7 Å². The zero-order chi connectivity index (χ0) is 9.35. The minimum absolute atomic E-state index is 0.418. The van der Waals surface area contributed by atoms with E-state index in [1.807, 2.05) is 0 Å². The summed E-state index contributed by atoms with van der Waals surface area (Å²) < 4.78 is 37.1. The molecule has 1 aliphatic rings. The van der Waals surface area contributed by atoms with Gasteiger partial charge in [0.15, 0.2) is 5.83 Å². The third-order valence-electron chi connectivity index (χ3n) is 1.41. The van der Waals surface area contributed by atoms with Gasteiger partial charge in [-0.1, -0.05) is 0 Å². The fourth-order valence-electron chi connectivity index (χ4n) is 0.788. The van der Waals surface area contributed by atoms with Crippen molar-refractivity contribution in [1.29, 1.82) is 0 Å². The van der Waals surface area contributed by atoms with E-state index in [1.165, 1.54) is 0 Å². The number of halogens is 3. The van der Waals surface area contributed by atoms with Gasteiger partial charge in [-0.25, -0.2) is 4.39 Å². The number of alkyl halides is 2. The Kier molecular flexibility index (Phi) is 1.91. The van der Waals surface area contributed by atoms with Gasteiger partial charge >= 0.3 is 5.92 Å². The first-order valence-electron chi connectivity index (χ1n) is 3.02. The Morgan fingerprint density at radius 1 is 1.50 bits per heavy atom. The number of rotatable bonds is 1. The molecule has 0 saturated heterocycles. The lowest BCUT2D eigenvalue weighted by molar-refractivity contribution is -0.431. The van der Waals surface area contributed by atoms with Gasteiger partial charge in [0.2, 0.25) is 0 Å². The largest absolute Gasteiger partial charge is 0.308 e. The molecule has 12 heavy (non-hydrogen) atoms. The quantitative estimate of drug-likeness (QED) is 0.456. The summed E-state index contributed by atoms with van der Waals surface area (Å²) in [4.78, 5) is 9.05. The van der Waals surface area contributed by atoms with Gasteiger partial charge < -0.3 is 0 Å². The maximum absolute atomic E-state index is 12.4. The molecule has 0 heterocycles. The third kappa shape index (κ3) is 1.46. The Hall–Kier alpha value is -1.33. The molecule has 0 atom stereocenters. The van der Waals surface area contributed by atoms with Crippen molar-refractivity contribution in [1.82, 2.24) is 0 Å². The molecule has 0 aromatic carbocycles. The second-order valence-electron chi connectivity index (χ2n) is 2.31. The van der Waals surface area contributed by atoms with E-state index < -0.39 is 28.8 Å². The molecule has 0 unspecified atom stereocenters. The second-order valence-corrected chi connectivity index (χ2v) is 2.31. The van der Waals surface area contributed by atoms with Gasteiger partial charge in [0, 0.05) is 6.08 Å². The maximum Gasteiger partial charge on any atom is 0.308 e. The van der Waals surface area contributed by atoms with Crippen LogP contribution in [-0.4, -0.2) is 10.8 Å². The summed E-state index contributed by atoms with van der Waals surface area (Å²) in [5.41, 5.74) is -0.679. The van der Waals surface area contributed by atoms with Crippen LogP contribution < -0.4 is 0 Å². The summed E-state index contributed by atoms with van der Waals surface area (Å²) >= 11 is 0. The van der Waals surface area contributed by atoms with Gasteiger partial charge in [-0.2, -0.15) is 8.78 Å². The number of nitrogens with zero attached hydrogens (tertiary/aromatic N) is 1. The Morgan fingerprint density at radius 2 is 2.08 bits per heavy atom. The van der Waals surface area contributed by atoms with Crippen LogP contribution in [0.25, 0.3) is 0 Å². The van der Waals surface area contributed by atoms with E-state index in [0.29, 0.717) is 6.08 Å². The molecule has 0 saturated carbocycles. The van der Waals surface area contributed by atoms with E-state index in [-0.39, 0.29) is 0 Å². The number of nitro groups is 1. The highest BCUT2D eigenvalue weighted by Crippen LogP contribution is 2.35. The molecule has 1 aliphatic carbocycles. The van der Waals surface area contributed by atoms with E-state index in [4.69, 9.17) is 0 Å². The van der Waals surface area contributed by atoms with Crippen LogP contribution in [0, 0.1) is 10.1 Å². The van der Waals surface area contributed by atoms with E-state index in [1.54, 1.807) is 0 Å². The van der Waals surface area contributed by atoms with Crippen LogP contribution in [0.1, 0.15) is 6.42 Å². The molecule has 0 radical (unpaired) electrons. The summed E-state index contributed by atoms with van der Waals surface area (Å²) in [6, 6.07) is 0.